The molecule has 6 nitrogen and oxygen atoms in total. The molecule has 2 aromatic heterocycles. The van der Waals surface area contributed by atoms with E-state index in [0.29, 0.717) is 6.54 Å². The first kappa shape index (κ1) is 12.4. The summed E-state index contributed by atoms with van der Waals surface area (Å²) in [5.74, 6) is 2.56. The number of aryl methyl sites for hydroxylation is 1. The lowest BCUT2D eigenvalue weighted by atomic mass is 10.2. The molecule has 3 heterocycles. The van der Waals surface area contributed by atoms with Crippen molar-refractivity contribution in [1.82, 2.24) is 19.9 Å². The van der Waals surface area contributed by atoms with Gasteiger partial charge < -0.3 is 14.1 Å². The van der Waals surface area contributed by atoms with E-state index in [9.17, 15) is 0 Å². The van der Waals surface area contributed by atoms with E-state index in [-0.39, 0.29) is 12.1 Å². The highest BCUT2D eigenvalue weighted by atomic mass is 16.5. The molecule has 0 radical (unpaired) electrons. The van der Waals surface area contributed by atoms with Crippen LogP contribution < -0.4 is 0 Å². The monoisotopic (exact) mass is 262 g/mol. The van der Waals surface area contributed by atoms with Crippen molar-refractivity contribution in [2.75, 3.05) is 13.7 Å². The Morgan fingerprint density at radius 1 is 1.53 bits per heavy atom. The maximum absolute atomic E-state index is 5.56. The van der Waals surface area contributed by atoms with Crippen molar-refractivity contribution in [2.45, 2.75) is 32.0 Å². The molecule has 0 saturated carbocycles. The molecule has 1 aliphatic rings. The number of likely N-dealkylation sites (tertiary alicyclic amines) is 1. The van der Waals surface area contributed by atoms with Crippen molar-refractivity contribution in [3.8, 4) is 0 Å². The number of nitrogens with one attached hydrogen (secondary N) is 1. The lowest BCUT2D eigenvalue weighted by molar-refractivity contribution is 0.106. The fourth-order valence-corrected chi connectivity index (χ4v) is 2.60. The van der Waals surface area contributed by atoms with Crippen molar-refractivity contribution in [2.24, 2.45) is 0 Å². The van der Waals surface area contributed by atoms with E-state index in [1.165, 1.54) is 0 Å². The lowest BCUT2D eigenvalue weighted by Gasteiger charge is -2.20. The van der Waals surface area contributed by atoms with Crippen LogP contribution in [0.5, 0.6) is 0 Å². The quantitative estimate of drug-likeness (QED) is 0.907. The summed E-state index contributed by atoms with van der Waals surface area (Å²) in [5, 5.41) is 0. The molecule has 3 rings (SSSR count). The van der Waals surface area contributed by atoms with Gasteiger partial charge in [0.25, 0.3) is 0 Å². The number of H-pyrrole nitrogens is 1. The van der Waals surface area contributed by atoms with E-state index in [1.807, 2.05) is 13.1 Å². The molecule has 1 aliphatic heterocycles. The average Bonchev–Trinajstić information content (AvgIpc) is 3.10. The summed E-state index contributed by atoms with van der Waals surface area (Å²) in [6, 6.07) is 0.229. The maximum atomic E-state index is 5.56. The number of ether oxygens (including phenoxy) is 1. The third-order valence-electron chi connectivity index (χ3n) is 3.54. The Balaban J connectivity index is 1.77. The number of aromatic amines is 1. The summed E-state index contributed by atoms with van der Waals surface area (Å²) in [7, 11) is 1.75. The Morgan fingerprint density at radius 2 is 2.42 bits per heavy atom. The average molecular weight is 262 g/mol. The van der Waals surface area contributed by atoms with Gasteiger partial charge in [-0.3, -0.25) is 4.90 Å². The molecule has 1 fully saturated rings. The molecule has 1 unspecified atom stereocenters. The summed E-state index contributed by atoms with van der Waals surface area (Å²) in [6.07, 6.45) is 6.54. The molecule has 2 atom stereocenters. The highest BCUT2D eigenvalue weighted by molar-refractivity contribution is 5.03. The van der Waals surface area contributed by atoms with Gasteiger partial charge in [0, 0.05) is 26.0 Å². The smallest absolute Gasteiger partial charge is 0.208 e. The fraction of sp³-hybridized carbons (Fsp3) is 0.538. The van der Waals surface area contributed by atoms with Crippen molar-refractivity contribution in [1.29, 1.82) is 0 Å². The van der Waals surface area contributed by atoms with Gasteiger partial charge in [0.15, 0.2) is 0 Å². The molecule has 0 bridgehead atoms. The molecule has 0 aliphatic carbocycles. The first-order valence-corrected chi connectivity index (χ1v) is 6.43. The fourth-order valence-electron chi connectivity index (χ4n) is 2.60. The summed E-state index contributed by atoms with van der Waals surface area (Å²) in [6.45, 7) is 3.45. The molecule has 0 amide bonds. The highest BCUT2D eigenvalue weighted by Crippen LogP contribution is 2.32. The maximum Gasteiger partial charge on any atom is 0.208 e. The van der Waals surface area contributed by atoms with Crippen LogP contribution in [0, 0.1) is 6.92 Å². The van der Waals surface area contributed by atoms with Crippen molar-refractivity contribution in [3.05, 3.63) is 36.1 Å². The molecular weight excluding hydrogens is 244 g/mol. The zero-order valence-electron chi connectivity index (χ0n) is 11.2. The van der Waals surface area contributed by atoms with E-state index in [0.717, 1.165) is 30.4 Å². The minimum Gasteiger partial charge on any atom is -0.445 e. The Morgan fingerprint density at radius 3 is 3.05 bits per heavy atom. The third-order valence-corrected chi connectivity index (χ3v) is 3.54. The van der Waals surface area contributed by atoms with Gasteiger partial charge in [-0.1, -0.05) is 0 Å². The lowest BCUT2D eigenvalue weighted by Crippen LogP contribution is -2.25. The summed E-state index contributed by atoms with van der Waals surface area (Å²) in [4.78, 5) is 14.1. The Labute approximate surface area is 111 Å². The highest BCUT2D eigenvalue weighted by Gasteiger charge is 2.35. The predicted molar refractivity (Wildman–Crippen MR) is 68.4 cm³/mol. The van der Waals surface area contributed by atoms with Gasteiger partial charge in [-0.15, -0.1) is 0 Å². The van der Waals surface area contributed by atoms with E-state index < -0.39 is 0 Å². The second kappa shape index (κ2) is 5.14. The number of nitrogens with zero attached hydrogens (tertiary/aromatic N) is 3. The number of oxazole rings is 1. The van der Waals surface area contributed by atoms with Gasteiger partial charge >= 0.3 is 0 Å². The number of aromatic nitrogens is 3. The molecule has 1 N–H and O–H groups in total. The first-order chi connectivity index (χ1) is 9.26. The van der Waals surface area contributed by atoms with Crippen LogP contribution in [0.4, 0.5) is 0 Å². The van der Waals surface area contributed by atoms with Crippen LogP contribution in [-0.4, -0.2) is 39.6 Å². The van der Waals surface area contributed by atoms with Gasteiger partial charge in [-0.25, -0.2) is 9.97 Å². The van der Waals surface area contributed by atoms with Gasteiger partial charge in [0.2, 0.25) is 5.89 Å². The van der Waals surface area contributed by atoms with Crippen LogP contribution in [-0.2, 0) is 11.3 Å². The summed E-state index contributed by atoms with van der Waals surface area (Å²) in [5.41, 5.74) is 0. The predicted octanol–water partition coefficient (Wildman–Crippen LogP) is 1.67. The largest absolute Gasteiger partial charge is 0.445 e. The summed E-state index contributed by atoms with van der Waals surface area (Å²) >= 11 is 0. The van der Waals surface area contributed by atoms with Crippen LogP contribution >= 0.6 is 0 Å². The molecule has 6 heteroatoms. The Bertz CT molecular complexity index is 522. The van der Waals surface area contributed by atoms with Crippen LogP contribution in [0.25, 0.3) is 0 Å². The minimum absolute atomic E-state index is 0.228. The molecule has 102 valence electrons. The number of rotatable bonds is 4. The third kappa shape index (κ3) is 2.54. The second-order valence-electron chi connectivity index (χ2n) is 4.88. The van der Waals surface area contributed by atoms with Gasteiger partial charge in [0.1, 0.15) is 11.6 Å². The van der Waals surface area contributed by atoms with Crippen LogP contribution in [0.15, 0.2) is 23.0 Å². The molecule has 1 saturated heterocycles. The Hall–Kier alpha value is -1.66. The van der Waals surface area contributed by atoms with Crippen LogP contribution in [0.2, 0.25) is 0 Å². The molecular formula is C13H18N4O2. The zero-order chi connectivity index (χ0) is 13.2. The van der Waals surface area contributed by atoms with Crippen molar-refractivity contribution < 1.29 is 9.15 Å². The van der Waals surface area contributed by atoms with E-state index in [2.05, 4.69) is 19.9 Å². The van der Waals surface area contributed by atoms with Gasteiger partial charge in [0.05, 0.1) is 24.9 Å². The van der Waals surface area contributed by atoms with Crippen molar-refractivity contribution in [3.63, 3.8) is 0 Å². The molecule has 19 heavy (non-hydrogen) atoms. The van der Waals surface area contributed by atoms with E-state index in [4.69, 9.17) is 9.15 Å². The summed E-state index contributed by atoms with van der Waals surface area (Å²) < 4.78 is 11.0. The number of imidazole rings is 1. The normalized spacial score (nSPS) is 24.1. The number of methoxy groups -OCH3 is 1. The molecule has 0 aromatic carbocycles. The number of hydrogen-bond donors (Lipinski definition) is 1. The van der Waals surface area contributed by atoms with Crippen LogP contribution in [0.1, 0.15) is 29.9 Å². The van der Waals surface area contributed by atoms with Crippen LogP contribution in [0.3, 0.4) is 0 Å². The SMILES string of the molecule is CO[C@@H]1CC(c2ncc[nH]2)N(Cc2ncc(C)o2)C1. The second-order valence-corrected chi connectivity index (χ2v) is 4.88. The van der Waals surface area contributed by atoms with E-state index >= 15 is 0 Å². The molecule has 2 aromatic rings. The topological polar surface area (TPSA) is 67.2 Å². The first-order valence-electron chi connectivity index (χ1n) is 6.43. The minimum atomic E-state index is 0.228. The van der Waals surface area contributed by atoms with E-state index in [1.54, 1.807) is 19.5 Å². The molecule has 0 spiro atoms. The van der Waals surface area contributed by atoms with Gasteiger partial charge in [-0.05, 0) is 13.3 Å². The van der Waals surface area contributed by atoms with Gasteiger partial charge in [-0.2, -0.15) is 0 Å². The number of hydrogen-bond acceptors (Lipinski definition) is 5. The Kier molecular flexibility index (Phi) is 3.35. The van der Waals surface area contributed by atoms with Crippen molar-refractivity contribution >= 4 is 0 Å². The zero-order valence-corrected chi connectivity index (χ0v) is 11.2. The standard InChI is InChI=1S/C13H18N4O2/c1-9-6-16-12(19-9)8-17-7-10(18-2)5-11(17)13-14-3-4-15-13/h3-4,6,10-11H,5,7-8H2,1-2H3,(H,14,15)/t10-,11?/m1/s1.